The lowest BCUT2D eigenvalue weighted by Gasteiger charge is -2.21. The summed E-state index contributed by atoms with van der Waals surface area (Å²) in [5, 5.41) is 20.7. The maximum absolute atomic E-state index is 12.1. The minimum atomic E-state index is -0.979. The van der Waals surface area contributed by atoms with Crippen LogP contribution in [0.3, 0.4) is 0 Å². The highest BCUT2D eigenvalue weighted by atomic mass is 16.3. The van der Waals surface area contributed by atoms with E-state index in [4.69, 9.17) is 5.11 Å². The fourth-order valence-corrected chi connectivity index (χ4v) is 2.87. The van der Waals surface area contributed by atoms with Crippen LogP contribution in [0.25, 0.3) is 0 Å². The number of nitrogens with one attached hydrogen (secondary N) is 1. The lowest BCUT2D eigenvalue weighted by Crippen LogP contribution is -2.34. The number of pyridine rings is 3. The van der Waals surface area contributed by atoms with Gasteiger partial charge in [-0.05, 0) is 36.4 Å². The lowest BCUT2D eigenvalue weighted by atomic mass is 10.2. The van der Waals surface area contributed by atoms with Gasteiger partial charge in [-0.15, -0.1) is 0 Å². The zero-order valence-corrected chi connectivity index (χ0v) is 16.6. The van der Waals surface area contributed by atoms with Crippen LogP contribution in [0.15, 0.2) is 67.1 Å². The van der Waals surface area contributed by atoms with Gasteiger partial charge in [0.05, 0.1) is 35.4 Å². The number of hydrogen-bond donors (Lipinski definition) is 3. The molecule has 30 heavy (non-hydrogen) atoms. The molecule has 156 valence electrons. The molecule has 3 heterocycles. The summed E-state index contributed by atoms with van der Waals surface area (Å²) in [6.07, 6.45) is 4.07. The van der Waals surface area contributed by atoms with Gasteiger partial charge in [-0.2, -0.15) is 0 Å². The number of hydrogen-bond acceptors (Lipinski definition) is 7. The summed E-state index contributed by atoms with van der Waals surface area (Å²) in [5.74, 6) is -0.347. The van der Waals surface area contributed by atoms with Crippen molar-refractivity contribution >= 4 is 5.91 Å². The van der Waals surface area contributed by atoms with Crippen molar-refractivity contribution in [2.45, 2.75) is 25.7 Å². The van der Waals surface area contributed by atoms with Crippen LogP contribution in [0.1, 0.15) is 27.4 Å². The number of rotatable bonds is 10. The van der Waals surface area contributed by atoms with Crippen LogP contribution in [-0.4, -0.2) is 55.2 Å². The summed E-state index contributed by atoms with van der Waals surface area (Å²) in [5.41, 5.74) is 3.11. The second-order valence-corrected chi connectivity index (χ2v) is 6.87. The topological polar surface area (TPSA) is 111 Å². The fraction of sp³-hybridized carbons (Fsp3) is 0.273. The number of aliphatic hydroxyl groups is 2. The van der Waals surface area contributed by atoms with Gasteiger partial charge < -0.3 is 15.5 Å². The van der Waals surface area contributed by atoms with E-state index in [0.29, 0.717) is 25.2 Å². The number of amides is 1. The molecule has 3 aromatic heterocycles. The predicted octanol–water partition coefficient (Wildman–Crippen LogP) is 1.16. The Bertz CT molecular complexity index is 866. The van der Waals surface area contributed by atoms with Crippen LogP contribution < -0.4 is 5.32 Å². The first-order chi connectivity index (χ1) is 14.6. The molecule has 0 spiro atoms. The third kappa shape index (κ3) is 6.70. The maximum atomic E-state index is 12.1. The van der Waals surface area contributed by atoms with Gasteiger partial charge in [0.15, 0.2) is 0 Å². The van der Waals surface area contributed by atoms with E-state index < -0.39 is 12.7 Å². The number of carbonyl (C=O) groups excluding carboxylic acids is 1. The second kappa shape index (κ2) is 11.1. The van der Waals surface area contributed by atoms with Gasteiger partial charge in [-0.3, -0.25) is 24.6 Å². The zero-order valence-electron chi connectivity index (χ0n) is 16.6. The van der Waals surface area contributed by atoms with Crippen molar-refractivity contribution in [3.05, 3.63) is 89.8 Å². The minimum Gasteiger partial charge on any atom is -0.394 e. The standard InChI is InChI=1S/C22H25N5O3/c28-16-21(29)12-26-22(30)17-7-8-20(25-11-17)15-27(13-18-5-1-3-9-23-18)14-19-6-2-4-10-24-19/h1-11,21,28-29H,12-16H2,(H,26,30). The van der Waals surface area contributed by atoms with E-state index in [-0.39, 0.29) is 12.5 Å². The SMILES string of the molecule is O=C(NCC(O)CO)c1ccc(CN(Cc2ccccn2)Cc2ccccn2)nc1. The highest BCUT2D eigenvalue weighted by Crippen LogP contribution is 2.11. The highest BCUT2D eigenvalue weighted by Gasteiger charge is 2.12. The molecule has 0 fully saturated rings. The van der Waals surface area contributed by atoms with Crippen molar-refractivity contribution in [1.29, 1.82) is 0 Å². The van der Waals surface area contributed by atoms with Gasteiger partial charge in [0.25, 0.3) is 5.91 Å². The van der Waals surface area contributed by atoms with Crippen LogP contribution in [0.2, 0.25) is 0 Å². The average Bonchev–Trinajstić information content (AvgIpc) is 2.79. The molecule has 0 aliphatic heterocycles. The third-order valence-electron chi connectivity index (χ3n) is 4.41. The van der Waals surface area contributed by atoms with E-state index in [0.717, 1.165) is 17.1 Å². The molecule has 0 bridgehead atoms. The Balaban J connectivity index is 1.66. The first-order valence-electron chi connectivity index (χ1n) is 9.68. The molecular weight excluding hydrogens is 382 g/mol. The van der Waals surface area contributed by atoms with Crippen molar-refractivity contribution in [2.75, 3.05) is 13.2 Å². The summed E-state index contributed by atoms with van der Waals surface area (Å²) in [4.78, 5) is 27.5. The van der Waals surface area contributed by atoms with Crippen molar-refractivity contribution in [2.24, 2.45) is 0 Å². The molecule has 1 unspecified atom stereocenters. The van der Waals surface area contributed by atoms with E-state index in [9.17, 15) is 9.90 Å². The summed E-state index contributed by atoms with van der Waals surface area (Å²) in [6, 6.07) is 15.2. The smallest absolute Gasteiger partial charge is 0.252 e. The molecule has 8 heteroatoms. The summed E-state index contributed by atoms with van der Waals surface area (Å²) in [7, 11) is 0. The average molecular weight is 407 g/mol. The predicted molar refractivity (Wildman–Crippen MR) is 111 cm³/mol. The molecule has 3 N–H and O–H groups in total. The molecule has 0 saturated heterocycles. The van der Waals surface area contributed by atoms with Crippen molar-refractivity contribution < 1.29 is 15.0 Å². The summed E-state index contributed by atoms with van der Waals surface area (Å²) < 4.78 is 0. The van der Waals surface area contributed by atoms with E-state index in [2.05, 4.69) is 25.2 Å². The molecule has 0 radical (unpaired) electrons. The van der Waals surface area contributed by atoms with E-state index in [1.165, 1.54) is 6.20 Å². The van der Waals surface area contributed by atoms with Crippen LogP contribution in [-0.2, 0) is 19.6 Å². The largest absolute Gasteiger partial charge is 0.394 e. The van der Waals surface area contributed by atoms with Gasteiger partial charge in [-0.1, -0.05) is 12.1 Å². The van der Waals surface area contributed by atoms with Crippen molar-refractivity contribution in [1.82, 2.24) is 25.2 Å². The number of nitrogens with zero attached hydrogens (tertiary/aromatic N) is 4. The fourth-order valence-electron chi connectivity index (χ4n) is 2.87. The van der Waals surface area contributed by atoms with Crippen LogP contribution in [0.4, 0.5) is 0 Å². The Morgan fingerprint density at radius 2 is 1.50 bits per heavy atom. The van der Waals surface area contributed by atoms with Crippen LogP contribution in [0, 0.1) is 0 Å². The van der Waals surface area contributed by atoms with Gasteiger partial charge in [0.1, 0.15) is 0 Å². The molecule has 0 aliphatic rings. The first kappa shape index (κ1) is 21.5. The molecule has 1 atom stereocenters. The Hall–Kier alpha value is -3.20. The number of carbonyl (C=O) groups is 1. The Morgan fingerprint density at radius 3 is 1.97 bits per heavy atom. The van der Waals surface area contributed by atoms with Crippen molar-refractivity contribution in [3.8, 4) is 0 Å². The van der Waals surface area contributed by atoms with Crippen LogP contribution >= 0.6 is 0 Å². The van der Waals surface area contributed by atoms with Gasteiger partial charge in [0.2, 0.25) is 0 Å². The Labute approximate surface area is 175 Å². The number of aromatic nitrogens is 3. The Kier molecular flexibility index (Phi) is 7.96. The summed E-state index contributed by atoms with van der Waals surface area (Å²) >= 11 is 0. The van der Waals surface area contributed by atoms with Gasteiger partial charge in [0, 0.05) is 44.8 Å². The third-order valence-corrected chi connectivity index (χ3v) is 4.41. The maximum Gasteiger partial charge on any atom is 0.252 e. The monoisotopic (exact) mass is 407 g/mol. The Morgan fingerprint density at radius 1 is 0.900 bits per heavy atom. The second-order valence-electron chi connectivity index (χ2n) is 6.87. The molecule has 1 amide bonds. The molecule has 0 aromatic carbocycles. The minimum absolute atomic E-state index is 0.0149. The first-order valence-corrected chi connectivity index (χ1v) is 9.68. The lowest BCUT2D eigenvalue weighted by molar-refractivity contribution is 0.0801. The van der Waals surface area contributed by atoms with Crippen molar-refractivity contribution in [3.63, 3.8) is 0 Å². The van der Waals surface area contributed by atoms with E-state index >= 15 is 0 Å². The van der Waals surface area contributed by atoms with Crippen LogP contribution in [0.5, 0.6) is 0 Å². The molecule has 0 aliphatic carbocycles. The molecular formula is C22H25N5O3. The molecule has 3 aromatic rings. The molecule has 8 nitrogen and oxygen atoms in total. The van der Waals surface area contributed by atoms with Gasteiger partial charge in [-0.25, -0.2) is 0 Å². The summed E-state index contributed by atoms with van der Waals surface area (Å²) in [6.45, 7) is 1.43. The molecule has 0 saturated carbocycles. The quantitative estimate of drug-likeness (QED) is 0.462. The highest BCUT2D eigenvalue weighted by molar-refractivity contribution is 5.93. The number of aliphatic hydroxyl groups excluding tert-OH is 2. The van der Waals surface area contributed by atoms with E-state index in [1.807, 2.05) is 36.4 Å². The zero-order chi connectivity index (χ0) is 21.2. The molecule has 3 rings (SSSR count). The normalized spacial score (nSPS) is 12.0. The van der Waals surface area contributed by atoms with Gasteiger partial charge >= 0.3 is 0 Å². The van der Waals surface area contributed by atoms with E-state index in [1.54, 1.807) is 24.5 Å².